The maximum Gasteiger partial charge on any atom is 0.240 e. The van der Waals surface area contributed by atoms with Gasteiger partial charge in [-0.3, -0.25) is 5.43 Å². The summed E-state index contributed by atoms with van der Waals surface area (Å²) in [6, 6.07) is 2.07. The average molecular weight is 281 g/mol. The Labute approximate surface area is 116 Å². The molecule has 19 heavy (non-hydrogen) atoms. The molecule has 2 rings (SSSR count). The molecule has 0 bridgehead atoms. The highest BCUT2D eigenvalue weighted by atomic mass is 32.1. The molecule has 2 heterocycles. The first kappa shape index (κ1) is 14.0. The van der Waals surface area contributed by atoms with Crippen LogP contribution in [0, 0.1) is 6.92 Å². The molecule has 0 aromatic carbocycles. The molecule has 0 unspecified atom stereocenters. The van der Waals surface area contributed by atoms with Crippen LogP contribution in [-0.2, 0) is 4.74 Å². The van der Waals surface area contributed by atoms with E-state index in [4.69, 9.17) is 10.6 Å². The molecule has 4 N–H and O–H groups in total. The molecular formula is C12H19N5OS. The predicted octanol–water partition coefficient (Wildman–Crippen LogP) is 2.12. The number of hydrogen-bond acceptors (Lipinski definition) is 7. The van der Waals surface area contributed by atoms with Crippen LogP contribution in [0.4, 0.5) is 11.8 Å². The monoisotopic (exact) mass is 281 g/mol. The first-order valence-corrected chi connectivity index (χ1v) is 6.80. The van der Waals surface area contributed by atoms with Crippen LogP contribution in [0.2, 0.25) is 0 Å². The van der Waals surface area contributed by atoms with Gasteiger partial charge in [0.2, 0.25) is 5.95 Å². The molecule has 0 atom stereocenters. The molecular weight excluding hydrogens is 262 g/mol. The molecule has 0 radical (unpaired) electrons. The number of nitrogens with two attached hydrogens (primary N) is 1. The number of anilines is 2. The summed E-state index contributed by atoms with van der Waals surface area (Å²) in [6.07, 6.45) is 0. The van der Waals surface area contributed by atoms with Gasteiger partial charge in [0.15, 0.2) is 0 Å². The SMILES string of the molecule is COC(C)(C)CNc1nc(NN)nc2sc(C)cc12. The van der Waals surface area contributed by atoms with E-state index >= 15 is 0 Å². The minimum atomic E-state index is -0.265. The topological polar surface area (TPSA) is 85.1 Å². The number of aromatic nitrogens is 2. The van der Waals surface area contributed by atoms with Crippen molar-refractivity contribution >= 4 is 33.3 Å². The van der Waals surface area contributed by atoms with Gasteiger partial charge in [0, 0.05) is 18.5 Å². The number of nitrogen functional groups attached to an aromatic ring is 1. The van der Waals surface area contributed by atoms with Crippen LogP contribution in [0.5, 0.6) is 0 Å². The predicted molar refractivity (Wildman–Crippen MR) is 79.5 cm³/mol. The maximum atomic E-state index is 5.40. The van der Waals surface area contributed by atoms with Crippen LogP contribution in [-0.4, -0.2) is 29.2 Å². The minimum absolute atomic E-state index is 0.265. The van der Waals surface area contributed by atoms with Gasteiger partial charge in [-0.05, 0) is 26.8 Å². The van der Waals surface area contributed by atoms with Crippen LogP contribution in [0.3, 0.4) is 0 Å². The number of ether oxygens (including phenoxy) is 1. The van der Waals surface area contributed by atoms with E-state index < -0.39 is 0 Å². The minimum Gasteiger partial charge on any atom is -0.377 e. The van der Waals surface area contributed by atoms with Crippen LogP contribution in [0.25, 0.3) is 10.2 Å². The molecule has 0 spiro atoms. The van der Waals surface area contributed by atoms with Crippen molar-refractivity contribution in [2.75, 3.05) is 24.4 Å². The zero-order chi connectivity index (χ0) is 14.0. The van der Waals surface area contributed by atoms with Gasteiger partial charge in [-0.15, -0.1) is 11.3 Å². The highest BCUT2D eigenvalue weighted by molar-refractivity contribution is 7.18. The summed E-state index contributed by atoms with van der Waals surface area (Å²) in [5.41, 5.74) is 2.23. The zero-order valence-corrected chi connectivity index (χ0v) is 12.4. The maximum absolute atomic E-state index is 5.40. The van der Waals surface area contributed by atoms with Gasteiger partial charge in [-0.1, -0.05) is 0 Å². The summed E-state index contributed by atoms with van der Waals surface area (Å²) in [5.74, 6) is 6.58. The number of hydrazine groups is 1. The van der Waals surface area contributed by atoms with E-state index in [9.17, 15) is 0 Å². The number of fused-ring (bicyclic) bond motifs is 1. The van der Waals surface area contributed by atoms with Gasteiger partial charge < -0.3 is 10.1 Å². The fraction of sp³-hybridized carbons (Fsp3) is 0.500. The second kappa shape index (κ2) is 5.28. The Morgan fingerprint density at radius 3 is 2.79 bits per heavy atom. The van der Waals surface area contributed by atoms with E-state index in [1.54, 1.807) is 18.4 Å². The van der Waals surface area contributed by atoms with Crippen molar-refractivity contribution in [2.24, 2.45) is 5.84 Å². The van der Waals surface area contributed by atoms with Crippen molar-refractivity contribution in [1.29, 1.82) is 0 Å². The first-order valence-electron chi connectivity index (χ1n) is 5.99. The summed E-state index contributed by atoms with van der Waals surface area (Å²) < 4.78 is 5.39. The fourth-order valence-electron chi connectivity index (χ4n) is 1.61. The number of nitrogens with zero attached hydrogens (tertiary/aromatic N) is 2. The highest BCUT2D eigenvalue weighted by Crippen LogP contribution is 2.29. The lowest BCUT2D eigenvalue weighted by Crippen LogP contribution is -2.32. The average Bonchev–Trinajstić information content (AvgIpc) is 2.76. The number of thiophene rings is 1. The van der Waals surface area contributed by atoms with Crippen molar-refractivity contribution in [3.05, 3.63) is 10.9 Å². The molecule has 0 aliphatic carbocycles. The first-order chi connectivity index (χ1) is 8.95. The number of aryl methyl sites for hydroxylation is 1. The van der Waals surface area contributed by atoms with E-state index in [-0.39, 0.29) is 5.60 Å². The summed E-state index contributed by atoms with van der Waals surface area (Å²) >= 11 is 1.62. The number of nitrogens with one attached hydrogen (secondary N) is 2. The Bertz CT molecular complexity index is 581. The van der Waals surface area contributed by atoms with Crippen molar-refractivity contribution in [2.45, 2.75) is 26.4 Å². The molecule has 2 aromatic rings. The number of methoxy groups -OCH3 is 1. The lowest BCUT2D eigenvalue weighted by atomic mass is 10.1. The Kier molecular flexibility index (Phi) is 3.88. The Balaban J connectivity index is 2.35. The van der Waals surface area contributed by atoms with E-state index in [0.717, 1.165) is 16.0 Å². The smallest absolute Gasteiger partial charge is 0.240 e. The van der Waals surface area contributed by atoms with Gasteiger partial charge >= 0.3 is 0 Å². The third-order valence-corrected chi connectivity index (χ3v) is 3.82. The number of hydrogen-bond donors (Lipinski definition) is 3. The molecule has 0 saturated heterocycles. The van der Waals surface area contributed by atoms with Crippen molar-refractivity contribution in [1.82, 2.24) is 9.97 Å². The molecule has 0 amide bonds. The lowest BCUT2D eigenvalue weighted by Gasteiger charge is -2.23. The van der Waals surface area contributed by atoms with Gasteiger partial charge in [0.25, 0.3) is 0 Å². The standard InChI is InChI=1S/C12H19N5OS/c1-7-5-8-9(14-6-12(2,3)18-4)15-11(17-13)16-10(8)19-7/h5H,6,13H2,1-4H3,(H2,14,15,16,17). The van der Waals surface area contributed by atoms with Crippen LogP contribution in [0.1, 0.15) is 18.7 Å². The van der Waals surface area contributed by atoms with E-state index in [2.05, 4.69) is 26.8 Å². The van der Waals surface area contributed by atoms with Gasteiger partial charge in [-0.2, -0.15) is 4.98 Å². The van der Waals surface area contributed by atoms with Crippen LogP contribution < -0.4 is 16.6 Å². The van der Waals surface area contributed by atoms with Crippen molar-refractivity contribution in [3.8, 4) is 0 Å². The summed E-state index contributed by atoms with van der Waals surface area (Å²) in [7, 11) is 1.69. The Morgan fingerprint density at radius 1 is 1.42 bits per heavy atom. The quantitative estimate of drug-likeness (QED) is 0.575. The summed E-state index contributed by atoms with van der Waals surface area (Å²) in [6.45, 7) is 6.72. The fourth-order valence-corrected chi connectivity index (χ4v) is 2.49. The Hall–Kier alpha value is -1.44. The summed E-state index contributed by atoms with van der Waals surface area (Å²) in [4.78, 5) is 10.8. The third-order valence-electron chi connectivity index (χ3n) is 2.88. The van der Waals surface area contributed by atoms with Crippen molar-refractivity contribution < 1.29 is 4.74 Å². The largest absolute Gasteiger partial charge is 0.377 e. The molecule has 0 saturated carbocycles. The Morgan fingerprint density at radius 2 is 2.16 bits per heavy atom. The van der Waals surface area contributed by atoms with Gasteiger partial charge in [-0.25, -0.2) is 10.8 Å². The third kappa shape index (κ3) is 3.12. The molecule has 0 aliphatic heterocycles. The molecule has 0 aliphatic rings. The van der Waals surface area contributed by atoms with Gasteiger partial charge in [0.05, 0.1) is 11.0 Å². The molecule has 7 heteroatoms. The van der Waals surface area contributed by atoms with E-state index in [1.165, 1.54) is 4.88 Å². The number of rotatable bonds is 5. The molecule has 2 aromatic heterocycles. The van der Waals surface area contributed by atoms with Crippen LogP contribution in [0.15, 0.2) is 6.07 Å². The second-order valence-corrected chi connectivity index (χ2v) is 6.17. The van der Waals surface area contributed by atoms with E-state index in [1.807, 2.05) is 20.8 Å². The zero-order valence-electron chi connectivity index (χ0n) is 11.6. The summed E-state index contributed by atoms with van der Waals surface area (Å²) in [5, 5.41) is 4.31. The second-order valence-electron chi connectivity index (χ2n) is 4.93. The van der Waals surface area contributed by atoms with Crippen LogP contribution >= 0.6 is 11.3 Å². The van der Waals surface area contributed by atoms with Crippen molar-refractivity contribution in [3.63, 3.8) is 0 Å². The molecule has 6 nitrogen and oxygen atoms in total. The normalized spacial score (nSPS) is 11.8. The van der Waals surface area contributed by atoms with Gasteiger partial charge in [0.1, 0.15) is 10.6 Å². The molecule has 104 valence electrons. The highest BCUT2D eigenvalue weighted by Gasteiger charge is 2.18. The lowest BCUT2D eigenvalue weighted by molar-refractivity contribution is 0.0343. The molecule has 0 fully saturated rings. The van der Waals surface area contributed by atoms with E-state index in [0.29, 0.717) is 12.5 Å².